The van der Waals surface area contributed by atoms with E-state index >= 15 is 0 Å². The molecule has 2 N–H and O–H groups in total. The molecule has 114 valence electrons. The quantitative estimate of drug-likeness (QED) is 0.688. The number of benzene rings is 1. The summed E-state index contributed by atoms with van der Waals surface area (Å²) in [6.07, 6.45) is 4.23. The summed E-state index contributed by atoms with van der Waals surface area (Å²) >= 11 is 0. The first kappa shape index (κ1) is 17.0. The zero-order chi connectivity index (χ0) is 14.8. The van der Waals surface area contributed by atoms with Crippen LogP contribution >= 0.6 is 0 Å². The molecule has 0 fully saturated rings. The molecule has 0 saturated carbocycles. The van der Waals surface area contributed by atoms with Gasteiger partial charge in [0, 0.05) is 18.2 Å². The van der Waals surface area contributed by atoms with Crippen molar-refractivity contribution in [2.45, 2.75) is 45.6 Å². The molecule has 0 aliphatic carbocycles. The Morgan fingerprint density at radius 1 is 1.20 bits per heavy atom. The predicted octanol–water partition coefficient (Wildman–Crippen LogP) is 3.53. The SMILES string of the molecule is CCCC(CCO)CNC(CC)c1ccccc1OC. The number of methoxy groups -OCH3 is 1. The Hall–Kier alpha value is -1.06. The van der Waals surface area contributed by atoms with Gasteiger partial charge in [0.05, 0.1) is 7.11 Å². The summed E-state index contributed by atoms with van der Waals surface area (Å²) in [5.74, 6) is 1.50. The van der Waals surface area contributed by atoms with Gasteiger partial charge in [-0.25, -0.2) is 0 Å². The number of aliphatic hydroxyl groups excluding tert-OH is 1. The molecule has 0 saturated heterocycles. The first-order chi connectivity index (χ1) is 9.76. The zero-order valence-corrected chi connectivity index (χ0v) is 13.1. The minimum atomic E-state index is 0.276. The van der Waals surface area contributed by atoms with Gasteiger partial charge in [-0.1, -0.05) is 38.5 Å². The van der Waals surface area contributed by atoms with E-state index in [1.165, 1.54) is 5.56 Å². The largest absolute Gasteiger partial charge is 0.496 e. The van der Waals surface area contributed by atoms with Gasteiger partial charge in [0.1, 0.15) is 5.75 Å². The molecular formula is C17H29NO2. The Balaban J connectivity index is 2.66. The van der Waals surface area contributed by atoms with Crippen LogP contribution in [0, 0.1) is 5.92 Å². The monoisotopic (exact) mass is 279 g/mol. The molecule has 0 heterocycles. The van der Waals surface area contributed by atoms with Gasteiger partial charge >= 0.3 is 0 Å². The Labute approximate surface area is 123 Å². The van der Waals surface area contributed by atoms with Crippen molar-refractivity contribution < 1.29 is 9.84 Å². The third-order valence-corrected chi connectivity index (χ3v) is 3.81. The second-order valence-electron chi connectivity index (χ2n) is 5.28. The van der Waals surface area contributed by atoms with Crippen molar-refractivity contribution in [3.8, 4) is 5.75 Å². The van der Waals surface area contributed by atoms with Crippen molar-refractivity contribution in [3.63, 3.8) is 0 Å². The average Bonchev–Trinajstić information content (AvgIpc) is 2.48. The second-order valence-corrected chi connectivity index (χ2v) is 5.28. The third-order valence-electron chi connectivity index (χ3n) is 3.81. The van der Waals surface area contributed by atoms with Crippen molar-refractivity contribution in [2.24, 2.45) is 5.92 Å². The predicted molar refractivity (Wildman–Crippen MR) is 84.1 cm³/mol. The zero-order valence-electron chi connectivity index (χ0n) is 13.1. The molecule has 0 aliphatic rings. The Kier molecular flexibility index (Phi) is 8.31. The van der Waals surface area contributed by atoms with E-state index in [1.54, 1.807) is 7.11 Å². The lowest BCUT2D eigenvalue weighted by molar-refractivity contribution is 0.244. The van der Waals surface area contributed by atoms with E-state index < -0.39 is 0 Å². The highest BCUT2D eigenvalue weighted by molar-refractivity contribution is 5.35. The van der Waals surface area contributed by atoms with Crippen LogP contribution in [-0.4, -0.2) is 25.4 Å². The molecule has 0 radical (unpaired) electrons. The lowest BCUT2D eigenvalue weighted by atomic mass is 9.98. The minimum absolute atomic E-state index is 0.276. The van der Waals surface area contributed by atoms with Crippen LogP contribution in [-0.2, 0) is 0 Å². The number of para-hydroxylation sites is 1. The van der Waals surface area contributed by atoms with E-state index in [4.69, 9.17) is 9.84 Å². The van der Waals surface area contributed by atoms with E-state index in [0.29, 0.717) is 12.0 Å². The van der Waals surface area contributed by atoms with Gasteiger partial charge < -0.3 is 15.2 Å². The molecule has 2 atom stereocenters. The number of hydrogen-bond acceptors (Lipinski definition) is 3. The molecule has 20 heavy (non-hydrogen) atoms. The van der Waals surface area contributed by atoms with Gasteiger partial charge in [0.15, 0.2) is 0 Å². The summed E-state index contributed by atoms with van der Waals surface area (Å²) in [5, 5.41) is 12.8. The summed E-state index contributed by atoms with van der Waals surface area (Å²) in [6.45, 7) is 5.61. The van der Waals surface area contributed by atoms with Crippen molar-refractivity contribution in [1.82, 2.24) is 5.32 Å². The van der Waals surface area contributed by atoms with Gasteiger partial charge in [-0.3, -0.25) is 0 Å². The average molecular weight is 279 g/mol. The molecule has 0 aliphatic heterocycles. The topological polar surface area (TPSA) is 41.5 Å². The molecule has 3 heteroatoms. The molecule has 0 aromatic heterocycles. The summed E-state index contributed by atoms with van der Waals surface area (Å²) < 4.78 is 5.45. The Bertz CT molecular complexity index is 362. The molecule has 0 spiro atoms. The molecular weight excluding hydrogens is 250 g/mol. The number of aliphatic hydroxyl groups is 1. The fourth-order valence-electron chi connectivity index (χ4n) is 2.68. The van der Waals surface area contributed by atoms with Crippen molar-refractivity contribution in [1.29, 1.82) is 0 Å². The molecule has 1 aromatic carbocycles. The van der Waals surface area contributed by atoms with Gasteiger partial charge in [-0.2, -0.15) is 0 Å². The number of nitrogens with one attached hydrogen (secondary N) is 1. The Morgan fingerprint density at radius 2 is 1.95 bits per heavy atom. The van der Waals surface area contributed by atoms with E-state index in [2.05, 4.69) is 31.3 Å². The number of ether oxygens (including phenoxy) is 1. The molecule has 2 unspecified atom stereocenters. The van der Waals surface area contributed by atoms with Crippen LogP contribution in [0.4, 0.5) is 0 Å². The molecule has 1 rings (SSSR count). The number of rotatable bonds is 10. The fraction of sp³-hybridized carbons (Fsp3) is 0.647. The molecule has 0 bridgehead atoms. The molecule has 1 aromatic rings. The van der Waals surface area contributed by atoms with Crippen molar-refractivity contribution in [2.75, 3.05) is 20.3 Å². The van der Waals surface area contributed by atoms with Gasteiger partial charge in [-0.05, 0) is 37.8 Å². The van der Waals surface area contributed by atoms with Crippen LogP contribution in [0.2, 0.25) is 0 Å². The van der Waals surface area contributed by atoms with Crippen LogP contribution in [0.15, 0.2) is 24.3 Å². The summed E-state index contributed by atoms with van der Waals surface area (Å²) in [6, 6.07) is 8.50. The highest BCUT2D eigenvalue weighted by Gasteiger charge is 2.15. The van der Waals surface area contributed by atoms with Crippen LogP contribution in [0.25, 0.3) is 0 Å². The standard InChI is InChI=1S/C17H29NO2/c1-4-8-14(11-12-19)13-18-16(5-2)15-9-6-7-10-17(15)20-3/h6-7,9-10,14,16,18-19H,4-5,8,11-13H2,1-3H3. The summed E-state index contributed by atoms with van der Waals surface area (Å²) in [4.78, 5) is 0. The van der Waals surface area contributed by atoms with Gasteiger partial charge in [0.2, 0.25) is 0 Å². The van der Waals surface area contributed by atoms with E-state index in [1.807, 2.05) is 12.1 Å². The maximum atomic E-state index is 9.14. The first-order valence-electron chi connectivity index (χ1n) is 7.73. The van der Waals surface area contributed by atoms with Gasteiger partial charge in [0.25, 0.3) is 0 Å². The van der Waals surface area contributed by atoms with Crippen molar-refractivity contribution >= 4 is 0 Å². The maximum absolute atomic E-state index is 9.14. The van der Waals surface area contributed by atoms with Crippen LogP contribution in [0.5, 0.6) is 5.75 Å². The summed E-state index contributed by atoms with van der Waals surface area (Å²) in [5.41, 5.74) is 1.22. The minimum Gasteiger partial charge on any atom is -0.496 e. The highest BCUT2D eigenvalue weighted by Crippen LogP contribution is 2.27. The van der Waals surface area contributed by atoms with Crippen LogP contribution < -0.4 is 10.1 Å². The highest BCUT2D eigenvalue weighted by atomic mass is 16.5. The lowest BCUT2D eigenvalue weighted by Crippen LogP contribution is -2.28. The van der Waals surface area contributed by atoms with E-state index in [9.17, 15) is 0 Å². The summed E-state index contributed by atoms with van der Waals surface area (Å²) in [7, 11) is 1.72. The fourth-order valence-corrected chi connectivity index (χ4v) is 2.68. The lowest BCUT2D eigenvalue weighted by Gasteiger charge is -2.23. The van der Waals surface area contributed by atoms with E-state index in [-0.39, 0.29) is 6.61 Å². The first-order valence-corrected chi connectivity index (χ1v) is 7.73. The molecule has 0 amide bonds. The van der Waals surface area contributed by atoms with E-state index in [0.717, 1.165) is 38.0 Å². The van der Waals surface area contributed by atoms with Crippen LogP contribution in [0.3, 0.4) is 0 Å². The Morgan fingerprint density at radius 3 is 2.55 bits per heavy atom. The normalized spacial score (nSPS) is 14.0. The van der Waals surface area contributed by atoms with Crippen LogP contribution in [0.1, 0.15) is 51.1 Å². The molecule has 3 nitrogen and oxygen atoms in total. The third kappa shape index (κ3) is 5.14. The second kappa shape index (κ2) is 9.78. The van der Waals surface area contributed by atoms with Gasteiger partial charge in [-0.15, -0.1) is 0 Å². The maximum Gasteiger partial charge on any atom is 0.123 e. The smallest absolute Gasteiger partial charge is 0.123 e. The van der Waals surface area contributed by atoms with Crippen molar-refractivity contribution in [3.05, 3.63) is 29.8 Å². The number of hydrogen-bond donors (Lipinski definition) is 2.